The number of imidazole rings is 1. The van der Waals surface area contributed by atoms with Gasteiger partial charge in [0.2, 0.25) is 0 Å². The maximum atomic E-state index is 7.44. The second kappa shape index (κ2) is 8.56. The highest BCUT2D eigenvalue weighted by atomic mass is 16.6. The Balaban J connectivity index is 1.51. The molecule has 0 fully saturated rings. The molecule has 4 aromatic rings. The molecular weight excluding hydrogens is 408 g/mol. The first-order chi connectivity index (χ1) is 15.7. The second-order valence-electron chi connectivity index (χ2n) is 7.22. The van der Waals surface area contributed by atoms with Gasteiger partial charge in [-0.15, -0.1) is 0 Å². The summed E-state index contributed by atoms with van der Waals surface area (Å²) in [5.41, 5.74) is 10.3. The molecule has 32 heavy (non-hydrogen) atoms. The molecule has 2 aromatic heterocycles. The van der Waals surface area contributed by atoms with Gasteiger partial charge in [0.1, 0.15) is 13.2 Å². The lowest BCUT2D eigenvalue weighted by molar-refractivity contribution is 0.0877. The van der Waals surface area contributed by atoms with Crippen molar-refractivity contribution in [3.05, 3.63) is 60.6 Å². The molecule has 0 saturated carbocycles. The highest BCUT2D eigenvalue weighted by molar-refractivity contribution is 5.87. The van der Waals surface area contributed by atoms with E-state index in [1.165, 1.54) is 6.21 Å². The van der Waals surface area contributed by atoms with Crippen LogP contribution in [0.5, 0.6) is 11.5 Å². The topological polar surface area (TPSA) is 120 Å². The molecule has 0 radical (unpaired) electrons. The van der Waals surface area contributed by atoms with Crippen molar-refractivity contribution in [2.75, 3.05) is 37.5 Å². The summed E-state index contributed by atoms with van der Waals surface area (Å²) in [5, 5.41) is 10.8. The Morgan fingerprint density at radius 1 is 1.03 bits per heavy atom. The number of nitrogens with zero attached hydrogens (tertiary/aromatic N) is 3. The lowest BCUT2D eigenvalue weighted by atomic mass is 10.1. The Hall–Kier alpha value is -4.11. The molecule has 0 aliphatic carbocycles. The van der Waals surface area contributed by atoms with Crippen LogP contribution >= 0.6 is 0 Å². The monoisotopic (exact) mass is 430 g/mol. The Labute approximate surface area is 184 Å². The molecule has 5 rings (SSSR count). The van der Waals surface area contributed by atoms with E-state index in [-0.39, 0.29) is 0 Å². The third-order valence-electron chi connectivity index (χ3n) is 5.09. The fraction of sp³-hybridized carbons (Fsp3) is 0.174. The molecule has 1 aliphatic rings. The maximum absolute atomic E-state index is 7.44. The van der Waals surface area contributed by atoms with Crippen molar-refractivity contribution in [1.29, 1.82) is 5.41 Å². The average Bonchev–Trinajstić information content (AvgIpc) is 3.31. The van der Waals surface area contributed by atoms with Gasteiger partial charge in [-0.2, -0.15) is 0 Å². The van der Waals surface area contributed by atoms with Crippen molar-refractivity contribution >= 4 is 29.1 Å². The zero-order valence-corrected chi connectivity index (χ0v) is 17.2. The van der Waals surface area contributed by atoms with Gasteiger partial charge in [0.05, 0.1) is 18.9 Å². The number of nitrogen functional groups attached to an aromatic ring is 1. The number of nitrogens with one attached hydrogen (secondary N) is 2. The summed E-state index contributed by atoms with van der Waals surface area (Å²) in [6.45, 7) is 1.97. The Bertz CT molecular complexity index is 1290. The van der Waals surface area contributed by atoms with Crippen LogP contribution < -0.4 is 20.5 Å². The van der Waals surface area contributed by atoms with E-state index in [9.17, 15) is 0 Å². The first kappa shape index (κ1) is 19.8. The molecular formula is C23H22N6O3. The molecule has 0 unspecified atom stereocenters. The largest absolute Gasteiger partial charge is 0.487 e. The van der Waals surface area contributed by atoms with E-state index in [1.807, 2.05) is 53.2 Å². The number of anilines is 3. The van der Waals surface area contributed by atoms with Crippen LogP contribution in [0.25, 0.3) is 16.9 Å². The van der Waals surface area contributed by atoms with Gasteiger partial charge in [0.15, 0.2) is 23.0 Å². The van der Waals surface area contributed by atoms with Crippen LogP contribution in [0.3, 0.4) is 0 Å². The fourth-order valence-electron chi connectivity index (χ4n) is 3.50. The summed E-state index contributed by atoms with van der Waals surface area (Å²) in [7, 11) is 0. The predicted molar refractivity (Wildman–Crippen MR) is 122 cm³/mol. The minimum absolute atomic E-state index is 0.450. The molecule has 1 aliphatic heterocycles. The zero-order chi connectivity index (χ0) is 21.9. The highest BCUT2D eigenvalue weighted by Gasteiger charge is 2.13. The molecule has 9 heteroatoms. The number of fused-ring (bicyclic) bond motifs is 2. The van der Waals surface area contributed by atoms with Crippen molar-refractivity contribution < 1.29 is 14.2 Å². The fourth-order valence-corrected chi connectivity index (χ4v) is 3.50. The standard InChI is InChI=1S/C23H22N6O3/c24-13-16-2-1-15(11-18(16)25)19-14-29-6-5-26-23(29)22(28-19)27-17-3-4-20-21(12-17)32-10-8-30-7-9-31-20/h1-6,11-14,24H,7-10,25H2,(H,27,28). The van der Waals surface area contributed by atoms with Crippen molar-refractivity contribution in [2.24, 2.45) is 0 Å². The van der Waals surface area contributed by atoms with Gasteiger partial charge >= 0.3 is 0 Å². The van der Waals surface area contributed by atoms with Crippen LogP contribution in [0.4, 0.5) is 17.2 Å². The summed E-state index contributed by atoms with van der Waals surface area (Å²) >= 11 is 0. The number of nitrogens with two attached hydrogens (primary N) is 1. The van der Waals surface area contributed by atoms with Gasteiger partial charge < -0.3 is 35.1 Å². The van der Waals surface area contributed by atoms with Gasteiger partial charge in [-0.25, -0.2) is 9.97 Å². The summed E-state index contributed by atoms with van der Waals surface area (Å²) in [6, 6.07) is 11.2. The zero-order valence-electron chi connectivity index (χ0n) is 17.2. The number of hydrogen-bond acceptors (Lipinski definition) is 8. The molecule has 3 heterocycles. The van der Waals surface area contributed by atoms with E-state index >= 15 is 0 Å². The number of aromatic nitrogens is 3. The summed E-state index contributed by atoms with van der Waals surface area (Å²) in [6.07, 6.45) is 6.72. The molecule has 162 valence electrons. The highest BCUT2D eigenvalue weighted by Crippen LogP contribution is 2.33. The van der Waals surface area contributed by atoms with Gasteiger partial charge in [-0.3, -0.25) is 0 Å². The van der Waals surface area contributed by atoms with E-state index in [0.29, 0.717) is 60.6 Å². The van der Waals surface area contributed by atoms with E-state index in [2.05, 4.69) is 10.3 Å². The number of ether oxygens (including phenoxy) is 3. The minimum atomic E-state index is 0.450. The Kier molecular flexibility index (Phi) is 5.30. The van der Waals surface area contributed by atoms with Crippen molar-refractivity contribution in [3.8, 4) is 22.8 Å². The quantitative estimate of drug-likeness (QED) is 0.335. The maximum Gasteiger partial charge on any atom is 0.180 e. The molecule has 0 atom stereocenters. The first-order valence-corrected chi connectivity index (χ1v) is 10.2. The lowest BCUT2D eigenvalue weighted by Crippen LogP contribution is -2.08. The summed E-state index contributed by atoms with van der Waals surface area (Å²) in [4.78, 5) is 9.23. The average molecular weight is 430 g/mol. The van der Waals surface area contributed by atoms with Crippen LogP contribution in [-0.4, -0.2) is 47.0 Å². The Morgan fingerprint density at radius 3 is 2.69 bits per heavy atom. The molecule has 2 aromatic carbocycles. The predicted octanol–water partition coefficient (Wildman–Crippen LogP) is 3.51. The van der Waals surface area contributed by atoms with Crippen LogP contribution in [0.1, 0.15) is 5.56 Å². The van der Waals surface area contributed by atoms with Gasteiger partial charge in [0, 0.05) is 53.4 Å². The van der Waals surface area contributed by atoms with E-state index in [4.69, 9.17) is 30.3 Å². The minimum Gasteiger partial charge on any atom is -0.487 e. The third-order valence-corrected chi connectivity index (χ3v) is 5.09. The second-order valence-corrected chi connectivity index (χ2v) is 7.22. The smallest absolute Gasteiger partial charge is 0.180 e. The molecule has 0 spiro atoms. The van der Waals surface area contributed by atoms with Crippen molar-refractivity contribution in [2.45, 2.75) is 0 Å². The summed E-state index contributed by atoms with van der Waals surface area (Å²) < 4.78 is 18.9. The molecule has 0 bridgehead atoms. The van der Waals surface area contributed by atoms with E-state index in [0.717, 1.165) is 16.9 Å². The third kappa shape index (κ3) is 3.93. The number of rotatable bonds is 4. The number of hydrogen-bond donors (Lipinski definition) is 3. The van der Waals surface area contributed by atoms with Gasteiger partial charge in [-0.05, 0) is 18.2 Å². The van der Waals surface area contributed by atoms with Crippen molar-refractivity contribution in [1.82, 2.24) is 14.4 Å². The molecule has 9 nitrogen and oxygen atoms in total. The molecule has 4 N–H and O–H groups in total. The lowest BCUT2D eigenvalue weighted by Gasteiger charge is -2.14. The van der Waals surface area contributed by atoms with Crippen LogP contribution in [0.15, 0.2) is 55.0 Å². The first-order valence-electron chi connectivity index (χ1n) is 10.2. The summed E-state index contributed by atoms with van der Waals surface area (Å²) in [5.74, 6) is 1.91. The number of benzene rings is 2. The molecule has 0 amide bonds. The van der Waals surface area contributed by atoms with E-state index < -0.39 is 0 Å². The van der Waals surface area contributed by atoms with Crippen LogP contribution in [0.2, 0.25) is 0 Å². The van der Waals surface area contributed by atoms with Crippen LogP contribution in [-0.2, 0) is 4.74 Å². The van der Waals surface area contributed by atoms with Crippen LogP contribution in [0, 0.1) is 5.41 Å². The van der Waals surface area contributed by atoms with Gasteiger partial charge in [-0.1, -0.05) is 12.1 Å². The van der Waals surface area contributed by atoms with Gasteiger partial charge in [0.25, 0.3) is 0 Å². The van der Waals surface area contributed by atoms with Crippen molar-refractivity contribution in [3.63, 3.8) is 0 Å². The normalized spacial score (nSPS) is 13.8. The Morgan fingerprint density at radius 2 is 1.88 bits per heavy atom. The van der Waals surface area contributed by atoms with E-state index in [1.54, 1.807) is 6.20 Å². The molecule has 0 saturated heterocycles. The SMILES string of the molecule is N=Cc1ccc(-c2cn3ccnc3c(Nc3ccc4c(c3)OCCOCCO4)n2)cc1N.